The number of phenolic OH excluding ortho intramolecular Hbond substituents is 1. The van der Waals surface area contributed by atoms with Gasteiger partial charge in [0.05, 0.1) is 0 Å². The third-order valence-corrected chi connectivity index (χ3v) is 5.14. The number of nitrogens with one attached hydrogen (secondary N) is 1. The van der Waals surface area contributed by atoms with Gasteiger partial charge in [-0.15, -0.1) is 11.8 Å². The van der Waals surface area contributed by atoms with Crippen LogP contribution in [0.25, 0.3) is 10.8 Å². The molecule has 2 N–H and O–H groups in total. The summed E-state index contributed by atoms with van der Waals surface area (Å²) in [5.41, 5.74) is 0. The highest BCUT2D eigenvalue weighted by Crippen LogP contribution is 2.33. The largest absolute Gasteiger partial charge is 0.507 e. The Morgan fingerprint density at radius 2 is 2.00 bits per heavy atom. The zero-order valence-corrected chi connectivity index (χ0v) is 12.5. The molecule has 106 valence electrons. The van der Waals surface area contributed by atoms with Gasteiger partial charge in [-0.05, 0) is 55.5 Å². The third kappa shape index (κ3) is 3.10. The predicted molar refractivity (Wildman–Crippen MR) is 86.6 cm³/mol. The van der Waals surface area contributed by atoms with Crippen LogP contribution in [0, 0.1) is 0 Å². The van der Waals surface area contributed by atoms with E-state index in [0.717, 1.165) is 22.6 Å². The van der Waals surface area contributed by atoms with Gasteiger partial charge in [0.2, 0.25) is 0 Å². The highest BCUT2D eigenvalue weighted by atomic mass is 32.2. The van der Waals surface area contributed by atoms with E-state index >= 15 is 0 Å². The van der Waals surface area contributed by atoms with E-state index in [4.69, 9.17) is 0 Å². The van der Waals surface area contributed by atoms with Gasteiger partial charge in [-0.25, -0.2) is 0 Å². The molecule has 1 heterocycles. The van der Waals surface area contributed by atoms with Crippen LogP contribution in [-0.4, -0.2) is 23.4 Å². The van der Waals surface area contributed by atoms with E-state index < -0.39 is 0 Å². The van der Waals surface area contributed by atoms with Crippen molar-refractivity contribution in [2.24, 2.45) is 0 Å². The lowest BCUT2D eigenvalue weighted by atomic mass is 10.1. The normalized spacial score (nSPS) is 18.7. The van der Waals surface area contributed by atoms with Crippen LogP contribution in [0.4, 0.5) is 0 Å². The van der Waals surface area contributed by atoms with Crippen LogP contribution in [0.5, 0.6) is 5.75 Å². The van der Waals surface area contributed by atoms with E-state index in [0.29, 0.717) is 5.75 Å². The number of hydrogen-bond acceptors (Lipinski definition) is 3. The number of aromatic hydroxyl groups is 1. The van der Waals surface area contributed by atoms with Gasteiger partial charge in [0, 0.05) is 16.3 Å². The first-order valence-electron chi connectivity index (χ1n) is 7.41. The second kappa shape index (κ2) is 6.51. The fraction of sp³-hybridized carbons (Fsp3) is 0.412. The lowest BCUT2D eigenvalue weighted by Gasteiger charge is -2.10. The van der Waals surface area contributed by atoms with E-state index in [1.807, 2.05) is 42.1 Å². The second-order valence-electron chi connectivity index (χ2n) is 5.41. The fourth-order valence-corrected chi connectivity index (χ4v) is 3.93. The molecule has 1 saturated heterocycles. The van der Waals surface area contributed by atoms with Crippen LogP contribution < -0.4 is 5.32 Å². The Morgan fingerprint density at radius 3 is 2.80 bits per heavy atom. The molecule has 0 spiro atoms. The summed E-state index contributed by atoms with van der Waals surface area (Å²) in [6, 6.07) is 12.7. The molecule has 3 rings (SSSR count). The molecule has 2 aromatic carbocycles. The number of hydrogen-bond donors (Lipinski definition) is 2. The Balaban J connectivity index is 1.61. The topological polar surface area (TPSA) is 32.3 Å². The summed E-state index contributed by atoms with van der Waals surface area (Å²) in [4.78, 5) is 1.28. The number of phenols is 1. The third-order valence-electron chi connectivity index (χ3n) is 3.98. The van der Waals surface area contributed by atoms with E-state index in [-0.39, 0.29) is 0 Å². The fourth-order valence-electron chi connectivity index (χ4n) is 2.90. The summed E-state index contributed by atoms with van der Waals surface area (Å²) >= 11 is 1.90. The van der Waals surface area contributed by atoms with Gasteiger partial charge in [-0.2, -0.15) is 0 Å². The number of fused-ring (bicyclic) bond motifs is 1. The lowest BCUT2D eigenvalue weighted by Crippen LogP contribution is -2.20. The van der Waals surface area contributed by atoms with Gasteiger partial charge >= 0.3 is 0 Å². The molecule has 1 unspecified atom stereocenters. The molecule has 20 heavy (non-hydrogen) atoms. The van der Waals surface area contributed by atoms with Gasteiger partial charge in [-0.1, -0.05) is 24.3 Å². The van der Waals surface area contributed by atoms with Crippen LogP contribution in [0.3, 0.4) is 0 Å². The average molecular weight is 287 g/mol. The molecule has 0 aromatic heterocycles. The van der Waals surface area contributed by atoms with E-state index in [9.17, 15) is 5.11 Å². The summed E-state index contributed by atoms with van der Waals surface area (Å²) in [5.74, 6) is 1.52. The maximum atomic E-state index is 9.89. The van der Waals surface area contributed by atoms with Crippen LogP contribution >= 0.6 is 11.8 Å². The zero-order chi connectivity index (χ0) is 13.8. The molecule has 1 aliphatic rings. The van der Waals surface area contributed by atoms with Crippen molar-refractivity contribution in [3.63, 3.8) is 0 Å². The molecule has 0 radical (unpaired) electrons. The predicted octanol–water partition coefficient (Wildman–Crippen LogP) is 4.17. The molecule has 3 heteroatoms. The van der Waals surface area contributed by atoms with E-state index in [2.05, 4.69) is 11.4 Å². The van der Waals surface area contributed by atoms with Crippen molar-refractivity contribution in [3.8, 4) is 5.75 Å². The van der Waals surface area contributed by atoms with Crippen molar-refractivity contribution in [2.75, 3.05) is 12.3 Å². The zero-order valence-electron chi connectivity index (χ0n) is 11.6. The minimum atomic E-state index is 0.375. The van der Waals surface area contributed by atoms with Gasteiger partial charge in [-0.3, -0.25) is 0 Å². The van der Waals surface area contributed by atoms with Gasteiger partial charge in [0.25, 0.3) is 0 Å². The standard InChI is InChI=1S/C17H21NOS/c19-16-9-10-17(15-8-2-1-7-14(15)16)20-12-4-6-13-5-3-11-18-13/h1-2,7-10,13,18-19H,3-6,11-12H2. The summed E-state index contributed by atoms with van der Waals surface area (Å²) in [5, 5.41) is 15.6. The van der Waals surface area contributed by atoms with Crippen LogP contribution in [-0.2, 0) is 0 Å². The molecule has 1 aliphatic heterocycles. The Morgan fingerprint density at radius 1 is 1.15 bits per heavy atom. The molecule has 1 atom stereocenters. The Hall–Kier alpha value is -1.19. The summed E-state index contributed by atoms with van der Waals surface area (Å²) in [7, 11) is 0. The number of thioether (sulfide) groups is 1. The minimum Gasteiger partial charge on any atom is -0.507 e. The summed E-state index contributed by atoms with van der Waals surface area (Å²) < 4.78 is 0. The van der Waals surface area contributed by atoms with Crippen molar-refractivity contribution in [1.29, 1.82) is 0 Å². The molecular formula is C17H21NOS. The first-order chi connectivity index (χ1) is 9.84. The maximum absolute atomic E-state index is 9.89. The molecule has 0 aliphatic carbocycles. The smallest absolute Gasteiger partial charge is 0.123 e. The highest BCUT2D eigenvalue weighted by molar-refractivity contribution is 7.99. The molecular weight excluding hydrogens is 266 g/mol. The van der Waals surface area contributed by atoms with Crippen molar-refractivity contribution < 1.29 is 5.11 Å². The molecule has 1 fully saturated rings. The summed E-state index contributed by atoms with van der Waals surface area (Å²) in [6.07, 6.45) is 5.20. The van der Waals surface area contributed by atoms with Crippen LogP contribution in [0.15, 0.2) is 41.3 Å². The molecule has 2 aromatic rings. The molecule has 0 amide bonds. The van der Waals surface area contributed by atoms with Gasteiger partial charge < -0.3 is 10.4 Å². The SMILES string of the molecule is Oc1ccc(SCCCC2CCCN2)c2ccccc12. The van der Waals surface area contributed by atoms with E-state index in [1.54, 1.807) is 0 Å². The number of benzene rings is 2. The van der Waals surface area contributed by atoms with Crippen molar-refractivity contribution in [2.45, 2.75) is 36.6 Å². The lowest BCUT2D eigenvalue weighted by molar-refractivity contribution is 0.481. The van der Waals surface area contributed by atoms with E-state index in [1.165, 1.54) is 37.1 Å². The van der Waals surface area contributed by atoms with Gasteiger partial charge in [0.15, 0.2) is 0 Å². The quantitative estimate of drug-likeness (QED) is 0.639. The monoisotopic (exact) mass is 287 g/mol. The Labute approximate surface area is 124 Å². The number of rotatable bonds is 5. The van der Waals surface area contributed by atoms with Gasteiger partial charge in [0.1, 0.15) is 5.75 Å². The summed E-state index contributed by atoms with van der Waals surface area (Å²) in [6.45, 7) is 1.19. The average Bonchev–Trinajstić information content (AvgIpc) is 2.99. The highest BCUT2D eigenvalue weighted by Gasteiger charge is 2.13. The first-order valence-corrected chi connectivity index (χ1v) is 8.40. The maximum Gasteiger partial charge on any atom is 0.123 e. The Bertz CT molecular complexity index is 578. The van der Waals surface area contributed by atoms with Crippen LogP contribution in [0.1, 0.15) is 25.7 Å². The molecule has 0 bridgehead atoms. The van der Waals surface area contributed by atoms with Crippen LogP contribution in [0.2, 0.25) is 0 Å². The van der Waals surface area contributed by atoms with Crippen molar-refractivity contribution in [1.82, 2.24) is 5.32 Å². The second-order valence-corrected chi connectivity index (χ2v) is 6.55. The molecule has 2 nitrogen and oxygen atoms in total. The first kappa shape index (κ1) is 13.8. The Kier molecular flexibility index (Phi) is 4.48. The van der Waals surface area contributed by atoms with Crippen molar-refractivity contribution >= 4 is 22.5 Å². The molecule has 0 saturated carbocycles. The minimum absolute atomic E-state index is 0.375. The van der Waals surface area contributed by atoms with Crippen molar-refractivity contribution in [3.05, 3.63) is 36.4 Å².